The predicted octanol–water partition coefficient (Wildman–Crippen LogP) is 2.93. The van der Waals surface area contributed by atoms with Crippen molar-refractivity contribution >= 4 is 5.91 Å². The third kappa shape index (κ3) is 6.15. The summed E-state index contributed by atoms with van der Waals surface area (Å²) in [5.74, 6) is -1.90. The monoisotopic (exact) mass is 348 g/mol. The minimum atomic E-state index is -0.823. The highest BCUT2D eigenvalue weighted by molar-refractivity contribution is 5.77. The van der Waals surface area contributed by atoms with Gasteiger partial charge in [-0.1, -0.05) is 30.3 Å². The van der Waals surface area contributed by atoms with Gasteiger partial charge in [-0.25, -0.2) is 8.78 Å². The van der Waals surface area contributed by atoms with Gasteiger partial charge in [-0.2, -0.15) is 0 Å². The summed E-state index contributed by atoms with van der Waals surface area (Å²) in [6, 6.07) is 12.6. The maximum atomic E-state index is 13.6. The van der Waals surface area contributed by atoms with Crippen LogP contribution in [0.1, 0.15) is 5.56 Å². The van der Waals surface area contributed by atoms with Gasteiger partial charge in [0.25, 0.3) is 5.91 Å². The highest BCUT2D eigenvalue weighted by Gasteiger charge is 2.16. The molecule has 0 bridgehead atoms. The van der Waals surface area contributed by atoms with Crippen LogP contribution < -0.4 is 4.74 Å². The van der Waals surface area contributed by atoms with E-state index in [4.69, 9.17) is 4.74 Å². The number of likely N-dealkylation sites (N-methyl/N-ethyl adjacent to an activating group) is 1. The number of nitrogens with zero attached hydrogens (tertiary/aromatic N) is 2. The van der Waals surface area contributed by atoms with E-state index in [1.165, 1.54) is 6.07 Å². The molecule has 0 atom stereocenters. The lowest BCUT2D eigenvalue weighted by Gasteiger charge is -2.24. The van der Waals surface area contributed by atoms with Crippen molar-refractivity contribution in [1.29, 1.82) is 0 Å². The molecule has 4 nitrogen and oxygen atoms in total. The summed E-state index contributed by atoms with van der Waals surface area (Å²) in [5, 5.41) is 0. The molecule has 1 amide bonds. The molecule has 0 aliphatic heterocycles. The van der Waals surface area contributed by atoms with Crippen molar-refractivity contribution in [3.63, 3.8) is 0 Å². The minimum Gasteiger partial charge on any atom is -0.481 e. The lowest BCUT2D eigenvalue weighted by Crippen LogP contribution is -2.39. The van der Waals surface area contributed by atoms with Crippen molar-refractivity contribution in [2.24, 2.45) is 0 Å². The van der Waals surface area contributed by atoms with E-state index in [1.807, 2.05) is 49.3 Å². The van der Waals surface area contributed by atoms with E-state index in [-0.39, 0.29) is 18.3 Å². The lowest BCUT2D eigenvalue weighted by atomic mass is 10.2. The molecule has 134 valence electrons. The van der Waals surface area contributed by atoms with E-state index in [0.717, 1.165) is 17.7 Å². The average molecular weight is 348 g/mol. The second-order valence-electron chi connectivity index (χ2n) is 5.97. The van der Waals surface area contributed by atoms with Gasteiger partial charge in [0.1, 0.15) is 5.82 Å². The molecule has 0 N–H and O–H groups in total. The number of benzene rings is 2. The molecule has 2 aromatic carbocycles. The van der Waals surface area contributed by atoms with Crippen LogP contribution in [-0.2, 0) is 11.3 Å². The standard InChI is InChI=1S/C19H22F2N2O2/c1-22(2)10-11-23(13-15-6-4-3-5-7-15)19(24)14-25-18-9-8-16(20)12-17(18)21/h3-9,12H,10-11,13-14H2,1-2H3. The largest absolute Gasteiger partial charge is 0.481 e. The van der Waals surface area contributed by atoms with Gasteiger partial charge < -0.3 is 14.5 Å². The van der Waals surface area contributed by atoms with Crippen LogP contribution in [0.25, 0.3) is 0 Å². The molecule has 0 aromatic heterocycles. The van der Waals surface area contributed by atoms with Gasteiger partial charge in [0.2, 0.25) is 0 Å². The fourth-order valence-electron chi connectivity index (χ4n) is 2.24. The molecule has 0 unspecified atom stereocenters. The molecule has 0 saturated carbocycles. The SMILES string of the molecule is CN(C)CCN(Cc1ccccc1)C(=O)COc1ccc(F)cc1F. The fraction of sp³-hybridized carbons (Fsp3) is 0.316. The lowest BCUT2D eigenvalue weighted by molar-refractivity contribution is -0.134. The van der Waals surface area contributed by atoms with Crippen LogP contribution in [0.15, 0.2) is 48.5 Å². The molecule has 0 aliphatic rings. The fourth-order valence-corrected chi connectivity index (χ4v) is 2.24. The average Bonchev–Trinajstić information content (AvgIpc) is 2.58. The van der Waals surface area contributed by atoms with E-state index in [1.54, 1.807) is 4.90 Å². The molecule has 0 fully saturated rings. The van der Waals surface area contributed by atoms with E-state index >= 15 is 0 Å². The molecular formula is C19H22F2N2O2. The van der Waals surface area contributed by atoms with E-state index in [2.05, 4.69) is 0 Å². The zero-order chi connectivity index (χ0) is 18.2. The predicted molar refractivity (Wildman–Crippen MR) is 92.3 cm³/mol. The van der Waals surface area contributed by atoms with Crippen molar-refractivity contribution in [1.82, 2.24) is 9.80 Å². The number of hydrogen-bond acceptors (Lipinski definition) is 3. The summed E-state index contributed by atoms with van der Waals surface area (Å²) in [5.41, 5.74) is 1.00. The molecule has 0 heterocycles. The number of halogens is 2. The van der Waals surface area contributed by atoms with Crippen LogP contribution in [0.3, 0.4) is 0 Å². The first-order valence-electron chi connectivity index (χ1n) is 8.00. The zero-order valence-electron chi connectivity index (χ0n) is 14.4. The Balaban J connectivity index is 2.00. The van der Waals surface area contributed by atoms with Gasteiger partial charge in [0.05, 0.1) is 0 Å². The van der Waals surface area contributed by atoms with Crippen LogP contribution in [0.2, 0.25) is 0 Å². The molecule has 2 rings (SSSR count). The molecular weight excluding hydrogens is 326 g/mol. The number of ether oxygens (including phenoxy) is 1. The first-order chi connectivity index (χ1) is 12.0. The molecule has 0 spiro atoms. The van der Waals surface area contributed by atoms with Gasteiger partial charge in [-0.3, -0.25) is 4.79 Å². The minimum absolute atomic E-state index is 0.137. The Hall–Kier alpha value is -2.47. The molecule has 0 saturated heterocycles. The molecule has 6 heteroatoms. The summed E-state index contributed by atoms with van der Waals surface area (Å²) in [6.07, 6.45) is 0. The Labute approximate surface area is 146 Å². The van der Waals surface area contributed by atoms with Crippen molar-refractivity contribution in [2.45, 2.75) is 6.54 Å². The van der Waals surface area contributed by atoms with Crippen LogP contribution in [0.4, 0.5) is 8.78 Å². The van der Waals surface area contributed by atoms with Gasteiger partial charge in [0.15, 0.2) is 18.2 Å². The van der Waals surface area contributed by atoms with Crippen molar-refractivity contribution in [3.05, 3.63) is 65.7 Å². The Kier molecular flexibility index (Phi) is 6.89. The summed E-state index contributed by atoms with van der Waals surface area (Å²) in [7, 11) is 3.85. The smallest absolute Gasteiger partial charge is 0.260 e. The van der Waals surface area contributed by atoms with Crippen molar-refractivity contribution < 1.29 is 18.3 Å². The molecule has 0 aliphatic carbocycles. The number of rotatable bonds is 8. The van der Waals surface area contributed by atoms with Crippen LogP contribution in [-0.4, -0.2) is 49.5 Å². The number of hydrogen-bond donors (Lipinski definition) is 0. The van der Waals surface area contributed by atoms with Crippen LogP contribution in [0, 0.1) is 11.6 Å². The molecule has 2 aromatic rings. The Morgan fingerprint density at radius 2 is 1.76 bits per heavy atom. The summed E-state index contributed by atoms with van der Waals surface area (Å²) in [4.78, 5) is 16.1. The first kappa shape index (κ1) is 18.9. The summed E-state index contributed by atoms with van der Waals surface area (Å²) < 4.78 is 31.8. The van der Waals surface area contributed by atoms with E-state index in [0.29, 0.717) is 19.6 Å². The number of carbonyl (C=O) groups is 1. The Morgan fingerprint density at radius 3 is 2.40 bits per heavy atom. The van der Waals surface area contributed by atoms with Gasteiger partial charge in [0, 0.05) is 25.7 Å². The number of carbonyl (C=O) groups excluding carboxylic acids is 1. The van der Waals surface area contributed by atoms with Gasteiger partial charge >= 0.3 is 0 Å². The van der Waals surface area contributed by atoms with Crippen LogP contribution >= 0.6 is 0 Å². The highest BCUT2D eigenvalue weighted by Crippen LogP contribution is 2.17. The maximum Gasteiger partial charge on any atom is 0.260 e. The normalized spacial score (nSPS) is 10.8. The second-order valence-corrected chi connectivity index (χ2v) is 5.97. The van der Waals surface area contributed by atoms with Gasteiger partial charge in [-0.05, 0) is 31.8 Å². The maximum absolute atomic E-state index is 13.6. The van der Waals surface area contributed by atoms with Gasteiger partial charge in [-0.15, -0.1) is 0 Å². The third-order valence-corrected chi connectivity index (χ3v) is 3.63. The number of amides is 1. The van der Waals surface area contributed by atoms with E-state index in [9.17, 15) is 13.6 Å². The third-order valence-electron chi connectivity index (χ3n) is 3.63. The quantitative estimate of drug-likeness (QED) is 0.735. The molecule has 25 heavy (non-hydrogen) atoms. The second kappa shape index (κ2) is 9.13. The first-order valence-corrected chi connectivity index (χ1v) is 8.00. The summed E-state index contributed by atoms with van der Waals surface area (Å²) >= 11 is 0. The highest BCUT2D eigenvalue weighted by atomic mass is 19.1. The van der Waals surface area contributed by atoms with Crippen molar-refractivity contribution in [3.8, 4) is 5.75 Å². The topological polar surface area (TPSA) is 32.8 Å². The molecule has 0 radical (unpaired) electrons. The van der Waals surface area contributed by atoms with E-state index < -0.39 is 11.6 Å². The van der Waals surface area contributed by atoms with Crippen molar-refractivity contribution in [2.75, 3.05) is 33.8 Å². The Bertz CT molecular complexity index is 693. The Morgan fingerprint density at radius 1 is 1.04 bits per heavy atom. The zero-order valence-corrected chi connectivity index (χ0v) is 14.4. The van der Waals surface area contributed by atoms with Crippen LogP contribution in [0.5, 0.6) is 5.75 Å². The summed E-state index contributed by atoms with van der Waals surface area (Å²) in [6.45, 7) is 1.37.